The fourth-order valence-electron chi connectivity index (χ4n) is 4.59. The molecule has 0 unspecified atom stereocenters. The van der Waals surface area contributed by atoms with Crippen LogP contribution < -0.4 is 10.1 Å². The monoisotopic (exact) mass is 437 g/mol. The molecule has 168 valence electrons. The zero-order valence-electron chi connectivity index (χ0n) is 17.3. The van der Waals surface area contributed by atoms with Crippen LogP contribution in [0.15, 0.2) is 30.6 Å². The normalized spacial score (nSPS) is 22.0. The fraction of sp³-hybridized carbons (Fsp3) is 0.571. The summed E-state index contributed by atoms with van der Waals surface area (Å²) in [5, 5.41) is 6.86. The molecule has 1 amide bonds. The van der Waals surface area contributed by atoms with E-state index in [1.165, 1.54) is 0 Å². The number of hydrogen-bond donors (Lipinski definition) is 1. The van der Waals surface area contributed by atoms with E-state index in [9.17, 15) is 18.0 Å². The Hall–Kier alpha value is -2.78. The second kappa shape index (κ2) is 8.76. The number of nitrogens with zero attached hydrogens (tertiary/aromatic N) is 4. The van der Waals surface area contributed by atoms with E-state index in [4.69, 9.17) is 4.74 Å². The second-order valence-electron chi connectivity index (χ2n) is 8.10. The van der Waals surface area contributed by atoms with Crippen molar-refractivity contribution in [3.8, 4) is 5.75 Å². The summed E-state index contributed by atoms with van der Waals surface area (Å²) in [7, 11) is 1.61. The molecule has 2 aliphatic heterocycles. The zero-order valence-corrected chi connectivity index (χ0v) is 17.3. The maximum absolute atomic E-state index is 13.5. The molecule has 2 aliphatic rings. The van der Waals surface area contributed by atoms with Gasteiger partial charge in [0.25, 0.3) is 0 Å². The number of anilines is 1. The first kappa shape index (κ1) is 21.5. The summed E-state index contributed by atoms with van der Waals surface area (Å²) >= 11 is 0. The molecule has 31 heavy (non-hydrogen) atoms. The standard InChI is InChI=1S/C21H26F3N5O2/c1-31-17-5-3-2-4-15(17)6-7-19(30)28-10-8-14(9-11-28)16-12-18(21(22,23)24)29-20(27-16)25-13-26-29/h2-5,13-14,16,18H,6-12H2,1H3,(H,25,26,27)/t16-,18+/m0/s1. The molecule has 0 spiro atoms. The minimum Gasteiger partial charge on any atom is -0.496 e. The van der Waals surface area contributed by atoms with Crippen LogP contribution in [0.25, 0.3) is 0 Å². The molecule has 1 aromatic heterocycles. The van der Waals surface area contributed by atoms with Gasteiger partial charge in [-0.3, -0.25) is 4.79 Å². The summed E-state index contributed by atoms with van der Waals surface area (Å²) in [5.74, 6) is 1.04. The first-order valence-electron chi connectivity index (χ1n) is 10.5. The molecule has 0 bridgehead atoms. The average molecular weight is 437 g/mol. The Morgan fingerprint density at radius 2 is 2.00 bits per heavy atom. The molecular weight excluding hydrogens is 411 g/mol. The summed E-state index contributed by atoms with van der Waals surface area (Å²) in [6, 6.07) is 5.62. The minimum atomic E-state index is -4.38. The molecule has 7 nitrogen and oxygen atoms in total. The van der Waals surface area contributed by atoms with Crippen molar-refractivity contribution in [1.29, 1.82) is 0 Å². The van der Waals surface area contributed by atoms with Gasteiger partial charge in [0, 0.05) is 25.6 Å². The number of fused-ring (bicyclic) bond motifs is 1. The van der Waals surface area contributed by atoms with Gasteiger partial charge >= 0.3 is 6.18 Å². The maximum atomic E-state index is 13.5. The number of halogens is 3. The van der Waals surface area contributed by atoms with Gasteiger partial charge in [-0.2, -0.15) is 23.3 Å². The smallest absolute Gasteiger partial charge is 0.411 e. The maximum Gasteiger partial charge on any atom is 0.411 e. The predicted molar refractivity (Wildman–Crippen MR) is 108 cm³/mol. The largest absolute Gasteiger partial charge is 0.496 e. The van der Waals surface area contributed by atoms with Gasteiger partial charge in [0.15, 0.2) is 6.04 Å². The summed E-state index contributed by atoms with van der Waals surface area (Å²) in [5.41, 5.74) is 0.988. The van der Waals surface area contributed by atoms with E-state index in [2.05, 4.69) is 15.4 Å². The van der Waals surface area contributed by atoms with E-state index >= 15 is 0 Å². The van der Waals surface area contributed by atoms with Gasteiger partial charge in [-0.25, -0.2) is 4.68 Å². The molecule has 0 saturated carbocycles. The average Bonchev–Trinajstić information content (AvgIpc) is 3.25. The van der Waals surface area contributed by atoms with Crippen molar-refractivity contribution in [3.05, 3.63) is 36.2 Å². The number of carbonyl (C=O) groups is 1. The number of aryl methyl sites for hydroxylation is 1. The van der Waals surface area contributed by atoms with Crippen LogP contribution in [-0.2, 0) is 11.2 Å². The highest BCUT2D eigenvalue weighted by atomic mass is 19.4. The van der Waals surface area contributed by atoms with Crippen LogP contribution in [-0.4, -0.2) is 58.0 Å². The van der Waals surface area contributed by atoms with Crippen LogP contribution in [0.5, 0.6) is 5.75 Å². The minimum absolute atomic E-state index is 0.0496. The number of aromatic nitrogens is 3. The van der Waals surface area contributed by atoms with Crippen molar-refractivity contribution < 1.29 is 22.7 Å². The lowest BCUT2D eigenvalue weighted by atomic mass is 9.85. The van der Waals surface area contributed by atoms with E-state index in [1.807, 2.05) is 29.2 Å². The number of carbonyl (C=O) groups excluding carboxylic acids is 1. The first-order valence-corrected chi connectivity index (χ1v) is 10.5. The number of methoxy groups -OCH3 is 1. The molecule has 4 rings (SSSR count). The number of benzene rings is 1. The fourth-order valence-corrected chi connectivity index (χ4v) is 4.59. The SMILES string of the molecule is COc1ccccc1CCC(=O)N1CCC([C@@H]2C[C@H](C(F)(F)F)n3ncnc3N2)CC1. The molecule has 1 aromatic carbocycles. The summed E-state index contributed by atoms with van der Waals surface area (Å²) < 4.78 is 46.8. The molecule has 2 atom stereocenters. The number of piperidine rings is 1. The van der Waals surface area contributed by atoms with Gasteiger partial charge < -0.3 is 15.0 Å². The van der Waals surface area contributed by atoms with Gasteiger partial charge in [0.05, 0.1) is 7.11 Å². The molecule has 10 heteroatoms. The topological polar surface area (TPSA) is 72.3 Å². The Kier molecular flexibility index (Phi) is 6.06. The van der Waals surface area contributed by atoms with Crippen LogP contribution in [0.1, 0.15) is 37.3 Å². The van der Waals surface area contributed by atoms with Crippen molar-refractivity contribution in [2.45, 2.75) is 50.4 Å². The predicted octanol–water partition coefficient (Wildman–Crippen LogP) is 3.45. The Bertz CT molecular complexity index is 908. The number of ether oxygens (including phenoxy) is 1. The summed E-state index contributed by atoms with van der Waals surface area (Å²) in [4.78, 5) is 18.4. The van der Waals surface area contributed by atoms with E-state index in [0.717, 1.165) is 22.3 Å². The van der Waals surface area contributed by atoms with E-state index in [-0.39, 0.29) is 30.2 Å². The first-order chi connectivity index (χ1) is 14.9. The van der Waals surface area contributed by atoms with E-state index in [1.54, 1.807) is 7.11 Å². The highest BCUT2D eigenvalue weighted by Gasteiger charge is 2.48. The number of alkyl halides is 3. The molecular formula is C21H26F3N5O2. The van der Waals surface area contributed by atoms with Crippen LogP contribution in [0.3, 0.4) is 0 Å². The quantitative estimate of drug-likeness (QED) is 0.776. The Morgan fingerprint density at radius 1 is 1.26 bits per heavy atom. The number of likely N-dealkylation sites (tertiary alicyclic amines) is 1. The van der Waals surface area contributed by atoms with Crippen molar-refractivity contribution in [2.24, 2.45) is 5.92 Å². The van der Waals surface area contributed by atoms with Crippen molar-refractivity contribution >= 4 is 11.9 Å². The molecule has 3 heterocycles. The second-order valence-corrected chi connectivity index (χ2v) is 8.10. The van der Waals surface area contributed by atoms with Gasteiger partial charge in [-0.1, -0.05) is 18.2 Å². The van der Waals surface area contributed by atoms with Crippen LogP contribution in [0.2, 0.25) is 0 Å². The molecule has 0 aliphatic carbocycles. The van der Waals surface area contributed by atoms with Gasteiger partial charge in [-0.15, -0.1) is 0 Å². The lowest BCUT2D eigenvalue weighted by Crippen LogP contribution is -2.47. The summed E-state index contributed by atoms with van der Waals surface area (Å²) in [6.07, 6.45) is -1.01. The Morgan fingerprint density at radius 3 is 2.71 bits per heavy atom. The number of para-hydroxylation sites is 1. The number of amides is 1. The Balaban J connectivity index is 1.32. The molecule has 2 aromatic rings. The number of nitrogens with one attached hydrogen (secondary N) is 1. The van der Waals surface area contributed by atoms with Gasteiger partial charge in [-0.05, 0) is 43.2 Å². The molecule has 1 N–H and O–H groups in total. The number of hydrogen-bond acceptors (Lipinski definition) is 5. The third-order valence-corrected chi connectivity index (χ3v) is 6.30. The van der Waals surface area contributed by atoms with Crippen LogP contribution >= 0.6 is 0 Å². The van der Waals surface area contributed by atoms with Crippen molar-refractivity contribution in [3.63, 3.8) is 0 Å². The highest BCUT2D eigenvalue weighted by Crippen LogP contribution is 2.41. The van der Waals surface area contributed by atoms with E-state index in [0.29, 0.717) is 38.8 Å². The van der Waals surface area contributed by atoms with E-state index < -0.39 is 12.2 Å². The van der Waals surface area contributed by atoms with Gasteiger partial charge in [0.1, 0.15) is 12.1 Å². The van der Waals surface area contributed by atoms with Crippen LogP contribution in [0, 0.1) is 5.92 Å². The highest BCUT2D eigenvalue weighted by molar-refractivity contribution is 5.76. The molecule has 1 fully saturated rings. The number of rotatable bonds is 5. The third kappa shape index (κ3) is 4.62. The third-order valence-electron chi connectivity index (χ3n) is 6.30. The van der Waals surface area contributed by atoms with Crippen molar-refractivity contribution in [1.82, 2.24) is 19.7 Å². The lowest BCUT2D eigenvalue weighted by molar-refractivity contribution is -0.174. The zero-order chi connectivity index (χ0) is 22.0. The molecule has 1 saturated heterocycles. The van der Waals surface area contributed by atoms with Gasteiger partial charge in [0.2, 0.25) is 11.9 Å². The lowest BCUT2D eigenvalue weighted by Gasteiger charge is -2.40. The van der Waals surface area contributed by atoms with Crippen molar-refractivity contribution in [2.75, 3.05) is 25.5 Å². The van der Waals surface area contributed by atoms with Crippen LogP contribution in [0.4, 0.5) is 19.1 Å². The molecule has 0 radical (unpaired) electrons. The summed E-state index contributed by atoms with van der Waals surface area (Å²) in [6.45, 7) is 1.11. The Labute approximate surface area is 178 Å².